The maximum absolute atomic E-state index is 14.0. The second-order valence-corrected chi connectivity index (χ2v) is 4.94. The molecule has 0 spiro atoms. The molecule has 104 valence electrons. The van der Waals surface area contributed by atoms with Crippen LogP contribution in [0.5, 0.6) is 0 Å². The first-order valence-electron chi connectivity index (χ1n) is 6.59. The summed E-state index contributed by atoms with van der Waals surface area (Å²) in [7, 11) is 0. The second kappa shape index (κ2) is 6.02. The van der Waals surface area contributed by atoms with Crippen LogP contribution in [-0.2, 0) is 4.79 Å². The molecule has 2 rings (SSSR count). The molecular formula is C14H19FN2O2. The summed E-state index contributed by atoms with van der Waals surface area (Å²) in [5.74, 6) is -1.16. The second-order valence-electron chi connectivity index (χ2n) is 4.94. The Hall–Kier alpha value is -1.62. The van der Waals surface area contributed by atoms with Gasteiger partial charge >= 0.3 is 5.97 Å². The predicted octanol–water partition coefficient (Wildman–Crippen LogP) is 2.29. The topological polar surface area (TPSA) is 66.6 Å². The molecule has 5 heteroatoms. The molecule has 1 saturated heterocycles. The number of benzene rings is 1. The summed E-state index contributed by atoms with van der Waals surface area (Å²) < 4.78 is 14.0. The van der Waals surface area contributed by atoms with Crippen molar-refractivity contribution in [1.29, 1.82) is 0 Å². The van der Waals surface area contributed by atoms with Gasteiger partial charge in [-0.15, -0.1) is 0 Å². The van der Waals surface area contributed by atoms with Crippen molar-refractivity contribution in [2.45, 2.75) is 31.7 Å². The van der Waals surface area contributed by atoms with Gasteiger partial charge in [0.25, 0.3) is 0 Å². The van der Waals surface area contributed by atoms with E-state index in [-0.39, 0.29) is 12.2 Å². The number of carboxylic acids is 1. The van der Waals surface area contributed by atoms with Crippen LogP contribution in [0.2, 0.25) is 0 Å². The zero-order valence-electron chi connectivity index (χ0n) is 10.8. The Labute approximate surface area is 112 Å². The van der Waals surface area contributed by atoms with Crippen LogP contribution in [0, 0.1) is 5.82 Å². The van der Waals surface area contributed by atoms with Gasteiger partial charge in [-0.3, -0.25) is 4.79 Å². The summed E-state index contributed by atoms with van der Waals surface area (Å²) >= 11 is 0. The number of hydrogen-bond donors (Lipinski definition) is 2. The number of aliphatic carboxylic acids is 1. The van der Waals surface area contributed by atoms with E-state index in [1.807, 2.05) is 4.90 Å². The Morgan fingerprint density at radius 2 is 2.11 bits per heavy atom. The lowest BCUT2D eigenvalue weighted by Gasteiger charge is -2.20. The van der Waals surface area contributed by atoms with Gasteiger partial charge in [-0.05, 0) is 37.0 Å². The first-order chi connectivity index (χ1) is 9.08. The molecule has 0 radical (unpaired) electrons. The predicted molar refractivity (Wildman–Crippen MR) is 71.6 cm³/mol. The van der Waals surface area contributed by atoms with Crippen LogP contribution in [0.25, 0.3) is 0 Å². The number of nitrogens with zero attached hydrogens (tertiary/aromatic N) is 1. The van der Waals surface area contributed by atoms with E-state index in [1.54, 1.807) is 12.1 Å². The number of halogens is 1. The molecule has 1 aromatic rings. The van der Waals surface area contributed by atoms with E-state index < -0.39 is 12.0 Å². The molecular weight excluding hydrogens is 247 g/mol. The molecule has 1 aliphatic rings. The van der Waals surface area contributed by atoms with Crippen molar-refractivity contribution < 1.29 is 14.3 Å². The Kier molecular flexibility index (Phi) is 4.37. The molecule has 1 aliphatic heterocycles. The van der Waals surface area contributed by atoms with E-state index in [2.05, 4.69) is 0 Å². The molecule has 1 atom stereocenters. The van der Waals surface area contributed by atoms with Crippen LogP contribution in [0.1, 0.15) is 37.3 Å². The summed E-state index contributed by atoms with van der Waals surface area (Å²) in [5, 5.41) is 8.62. The maximum Gasteiger partial charge on any atom is 0.303 e. The van der Waals surface area contributed by atoms with Gasteiger partial charge < -0.3 is 15.7 Å². The molecule has 0 aromatic heterocycles. The van der Waals surface area contributed by atoms with Crippen LogP contribution in [0.15, 0.2) is 18.2 Å². The van der Waals surface area contributed by atoms with E-state index in [9.17, 15) is 9.18 Å². The van der Waals surface area contributed by atoms with E-state index in [1.165, 1.54) is 6.07 Å². The molecule has 0 bridgehead atoms. The first kappa shape index (κ1) is 13.8. The molecule has 1 fully saturated rings. The standard InChI is InChI=1S/C14H19FN2O2/c15-11-9-10(12(16)4-6-14(18)19)3-5-13(11)17-7-1-2-8-17/h3,5,9,12H,1-2,4,6-8,16H2,(H,18,19). The molecule has 1 aromatic carbocycles. The molecule has 0 amide bonds. The van der Waals surface area contributed by atoms with Gasteiger partial charge in [0.15, 0.2) is 0 Å². The van der Waals surface area contributed by atoms with Crippen LogP contribution >= 0.6 is 0 Å². The Morgan fingerprint density at radius 3 is 2.68 bits per heavy atom. The van der Waals surface area contributed by atoms with Crippen LogP contribution < -0.4 is 10.6 Å². The Morgan fingerprint density at radius 1 is 1.42 bits per heavy atom. The first-order valence-corrected chi connectivity index (χ1v) is 6.59. The molecule has 0 saturated carbocycles. The molecule has 4 nitrogen and oxygen atoms in total. The lowest BCUT2D eigenvalue weighted by atomic mass is 10.0. The molecule has 1 unspecified atom stereocenters. The van der Waals surface area contributed by atoms with Crippen molar-refractivity contribution >= 4 is 11.7 Å². The van der Waals surface area contributed by atoms with Crippen molar-refractivity contribution in [3.63, 3.8) is 0 Å². The Bertz CT molecular complexity index is 459. The third kappa shape index (κ3) is 3.44. The SMILES string of the molecule is NC(CCC(=O)O)c1ccc(N2CCCC2)c(F)c1. The number of carbonyl (C=O) groups is 1. The summed E-state index contributed by atoms with van der Waals surface area (Å²) in [6.45, 7) is 1.78. The minimum absolute atomic E-state index is 0.00331. The summed E-state index contributed by atoms with van der Waals surface area (Å²) in [6, 6.07) is 4.54. The zero-order valence-corrected chi connectivity index (χ0v) is 10.8. The monoisotopic (exact) mass is 266 g/mol. The van der Waals surface area contributed by atoms with Gasteiger partial charge in [0.2, 0.25) is 0 Å². The van der Waals surface area contributed by atoms with Crippen LogP contribution in [0.3, 0.4) is 0 Å². The maximum atomic E-state index is 14.0. The lowest BCUT2D eigenvalue weighted by Crippen LogP contribution is -2.19. The molecule has 19 heavy (non-hydrogen) atoms. The normalized spacial score (nSPS) is 16.6. The number of carboxylic acid groups (broad SMARTS) is 1. The van der Waals surface area contributed by atoms with Crippen LogP contribution in [0.4, 0.5) is 10.1 Å². The highest BCUT2D eigenvalue weighted by atomic mass is 19.1. The molecule has 0 aliphatic carbocycles. The van der Waals surface area contributed by atoms with Gasteiger partial charge in [-0.2, -0.15) is 0 Å². The van der Waals surface area contributed by atoms with Gasteiger partial charge in [0.05, 0.1) is 5.69 Å². The average molecular weight is 266 g/mol. The van der Waals surface area contributed by atoms with E-state index in [4.69, 9.17) is 10.8 Å². The van der Waals surface area contributed by atoms with Gasteiger partial charge in [-0.1, -0.05) is 6.07 Å². The average Bonchev–Trinajstić information content (AvgIpc) is 2.89. The van der Waals surface area contributed by atoms with Crippen molar-refractivity contribution in [2.75, 3.05) is 18.0 Å². The third-order valence-corrected chi connectivity index (χ3v) is 3.52. The van der Waals surface area contributed by atoms with E-state index in [0.29, 0.717) is 17.7 Å². The lowest BCUT2D eigenvalue weighted by molar-refractivity contribution is -0.137. The van der Waals surface area contributed by atoms with Crippen LogP contribution in [-0.4, -0.2) is 24.2 Å². The Balaban J connectivity index is 2.07. The fourth-order valence-electron chi connectivity index (χ4n) is 2.41. The van der Waals surface area contributed by atoms with Crippen molar-refractivity contribution in [3.8, 4) is 0 Å². The molecule has 1 heterocycles. The number of anilines is 1. The van der Waals surface area contributed by atoms with Crippen molar-refractivity contribution in [2.24, 2.45) is 5.73 Å². The molecule has 3 N–H and O–H groups in total. The summed E-state index contributed by atoms with van der Waals surface area (Å²) in [6.07, 6.45) is 2.51. The fourth-order valence-corrected chi connectivity index (χ4v) is 2.41. The minimum Gasteiger partial charge on any atom is -0.481 e. The fraction of sp³-hybridized carbons (Fsp3) is 0.500. The number of hydrogen-bond acceptors (Lipinski definition) is 3. The van der Waals surface area contributed by atoms with Crippen molar-refractivity contribution in [3.05, 3.63) is 29.6 Å². The van der Waals surface area contributed by atoms with Crippen molar-refractivity contribution in [1.82, 2.24) is 0 Å². The quantitative estimate of drug-likeness (QED) is 0.858. The highest BCUT2D eigenvalue weighted by Gasteiger charge is 2.17. The smallest absolute Gasteiger partial charge is 0.303 e. The zero-order chi connectivity index (χ0) is 13.8. The largest absolute Gasteiger partial charge is 0.481 e. The number of nitrogens with two attached hydrogens (primary N) is 1. The summed E-state index contributed by atoms with van der Waals surface area (Å²) in [4.78, 5) is 12.5. The van der Waals surface area contributed by atoms with E-state index >= 15 is 0 Å². The highest BCUT2D eigenvalue weighted by molar-refractivity contribution is 5.66. The van der Waals surface area contributed by atoms with Gasteiger partial charge in [-0.25, -0.2) is 4.39 Å². The highest BCUT2D eigenvalue weighted by Crippen LogP contribution is 2.26. The number of rotatable bonds is 5. The van der Waals surface area contributed by atoms with E-state index in [0.717, 1.165) is 25.9 Å². The van der Waals surface area contributed by atoms with Gasteiger partial charge in [0.1, 0.15) is 5.82 Å². The minimum atomic E-state index is -0.885. The van der Waals surface area contributed by atoms with Gasteiger partial charge in [0, 0.05) is 25.6 Å². The summed E-state index contributed by atoms with van der Waals surface area (Å²) in [5.41, 5.74) is 7.14. The third-order valence-electron chi connectivity index (χ3n) is 3.52.